The molecule has 0 spiro atoms. The number of hydrogen-bond acceptors (Lipinski definition) is 6. The van der Waals surface area contributed by atoms with E-state index in [1.54, 1.807) is 47.8 Å². The predicted octanol–water partition coefficient (Wildman–Crippen LogP) is 4.87. The number of ether oxygens (including phenoxy) is 1. The first-order valence-electron chi connectivity index (χ1n) is 8.27. The van der Waals surface area contributed by atoms with E-state index in [-0.39, 0.29) is 23.4 Å². The van der Waals surface area contributed by atoms with Gasteiger partial charge in [-0.2, -0.15) is 4.98 Å². The van der Waals surface area contributed by atoms with Crippen LogP contribution in [-0.2, 0) is 0 Å². The van der Waals surface area contributed by atoms with Crippen molar-refractivity contribution in [3.05, 3.63) is 71.4 Å². The molecule has 0 saturated carbocycles. The van der Waals surface area contributed by atoms with Gasteiger partial charge in [0.15, 0.2) is 0 Å². The minimum Gasteiger partial charge on any atom is -0.496 e. The number of anilines is 1. The summed E-state index contributed by atoms with van der Waals surface area (Å²) in [6, 6.07) is 14.6. The van der Waals surface area contributed by atoms with Crippen LogP contribution in [0.5, 0.6) is 5.75 Å². The second-order valence-electron chi connectivity index (χ2n) is 5.75. The van der Waals surface area contributed by atoms with Gasteiger partial charge in [0.1, 0.15) is 16.4 Å². The number of thiophene rings is 1. The number of halogens is 1. The van der Waals surface area contributed by atoms with E-state index >= 15 is 0 Å². The minimum atomic E-state index is -0.385. The molecule has 2 aromatic heterocycles. The summed E-state index contributed by atoms with van der Waals surface area (Å²) in [5.41, 5.74) is 1.45. The number of benzene rings is 2. The molecule has 0 saturated heterocycles. The fraction of sp³-hybridized carbons (Fsp3) is 0.0500. The van der Waals surface area contributed by atoms with Crippen molar-refractivity contribution in [1.29, 1.82) is 0 Å². The average Bonchev–Trinajstić information content (AvgIpc) is 3.37. The van der Waals surface area contributed by atoms with E-state index in [9.17, 15) is 9.18 Å². The number of rotatable bonds is 5. The Balaban J connectivity index is 1.61. The maximum Gasteiger partial charge on any atom is 0.270 e. The number of carbonyl (C=O) groups excluding carboxylic acids is 1. The number of para-hydroxylation sites is 1. The highest BCUT2D eigenvalue weighted by atomic mass is 32.1. The largest absolute Gasteiger partial charge is 0.496 e. The number of aromatic nitrogens is 2. The Hall–Kier alpha value is -3.52. The highest BCUT2D eigenvalue weighted by Gasteiger charge is 2.19. The number of amides is 1. The van der Waals surface area contributed by atoms with Crippen LogP contribution in [0.15, 0.2) is 64.5 Å². The Labute approximate surface area is 163 Å². The quantitative estimate of drug-likeness (QED) is 0.522. The zero-order chi connectivity index (χ0) is 19.5. The van der Waals surface area contributed by atoms with Crippen LogP contribution >= 0.6 is 11.3 Å². The van der Waals surface area contributed by atoms with Crippen molar-refractivity contribution >= 4 is 22.9 Å². The number of nitrogens with zero attached hydrogens (tertiary/aromatic N) is 2. The Kier molecular flexibility index (Phi) is 4.86. The van der Waals surface area contributed by atoms with E-state index in [2.05, 4.69) is 15.5 Å². The summed E-state index contributed by atoms with van der Waals surface area (Å²) in [4.78, 5) is 17.6. The van der Waals surface area contributed by atoms with Crippen molar-refractivity contribution in [2.24, 2.45) is 0 Å². The summed E-state index contributed by atoms with van der Waals surface area (Å²) in [6.45, 7) is 0. The molecule has 0 bridgehead atoms. The summed E-state index contributed by atoms with van der Waals surface area (Å²) in [7, 11) is 1.51. The zero-order valence-electron chi connectivity index (χ0n) is 14.7. The molecule has 6 nitrogen and oxygen atoms in total. The molecule has 140 valence electrons. The molecule has 0 unspecified atom stereocenters. The molecular formula is C20H14FN3O3S. The molecule has 0 atom stereocenters. The van der Waals surface area contributed by atoms with Gasteiger partial charge in [-0.25, -0.2) is 4.39 Å². The summed E-state index contributed by atoms with van der Waals surface area (Å²) in [5, 5.41) is 8.56. The average molecular weight is 395 g/mol. The standard InChI is InChI=1S/C20H14FN3O3S/c1-26-16-8-3-2-7-14(16)19(25)22-15-9-10-28-17(15)20-23-18(24-27-20)12-5-4-6-13(21)11-12/h2-11H,1H3,(H,22,25). The van der Waals surface area contributed by atoms with E-state index in [1.807, 2.05) is 0 Å². The van der Waals surface area contributed by atoms with Gasteiger partial charge in [0.25, 0.3) is 11.8 Å². The Morgan fingerprint density at radius 2 is 2.04 bits per heavy atom. The molecule has 0 aliphatic heterocycles. The lowest BCUT2D eigenvalue weighted by Crippen LogP contribution is -2.13. The smallest absolute Gasteiger partial charge is 0.270 e. The van der Waals surface area contributed by atoms with Crippen LogP contribution in [0.25, 0.3) is 22.2 Å². The lowest BCUT2D eigenvalue weighted by Gasteiger charge is -2.08. The maximum absolute atomic E-state index is 13.4. The van der Waals surface area contributed by atoms with Crippen molar-refractivity contribution < 1.29 is 18.4 Å². The minimum absolute atomic E-state index is 0.240. The molecule has 8 heteroatoms. The van der Waals surface area contributed by atoms with Crippen molar-refractivity contribution in [2.45, 2.75) is 0 Å². The van der Waals surface area contributed by atoms with Gasteiger partial charge in [-0.15, -0.1) is 11.3 Å². The highest BCUT2D eigenvalue weighted by Crippen LogP contribution is 2.34. The van der Waals surface area contributed by atoms with Crippen LogP contribution in [0, 0.1) is 5.82 Å². The van der Waals surface area contributed by atoms with Crippen molar-refractivity contribution in [3.8, 4) is 27.9 Å². The first-order valence-corrected chi connectivity index (χ1v) is 9.15. The SMILES string of the molecule is COc1ccccc1C(=O)Nc1ccsc1-c1nc(-c2cccc(F)c2)no1. The third-order valence-electron chi connectivity index (χ3n) is 3.97. The van der Waals surface area contributed by atoms with E-state index in [1.165, 1.54) is 30.6 Å². The normalized spacial score (nSPS) is 10.6. The number of carbonyl (C=O) groups is 1. The second-order valence-corrected chi connectivity index (χ2v) is 6.67. The Bertz CT molecular complexity index is 1140. The highest BCUT2D eigenvalue weighted by molar-refractivity contribution is 7.14. The van der Waals surface area contributed by atoms with Crippen LogP contribution in [-0.4, -0.2) is 23.2 Å². The summed E-state index contributed by atoms with van der Waals surface area (Å²) in [5.74, 6) is 0.282. The predicted molar refractivity (Wildman–Crippen MR) is 104 cm³/mol. The first-order chi connectivity index (χ1) is 13.7. The van der Waals surface area contributed by atoms with Crippen molar-refractivity contribution in [1.82, 2.24) is 10.1 Å². The van der Waals surface area contributed by atoms with Crippen molar-refractivity contribution in [3.63, 3.8) is 0 Å². The van der Waals surface area contributed by atoms with E-state index < -0.39 is 0 Å². The van der Waals surface area contributed by atoms with Gasteiger partial charge in [-0.1, -0.05) is 29.4 Å². The molecule has 4 aromatic rings. The van der Waals surface area contributed by atoms with Gasteiger partial charge in [-0.05, 0) is 35.7 Å². The fourth-order valence-electron chi connectivity index (χ4n) is 2.66. The maximum atomic E-state index is 13.4. The first kappa shape index (κ1) is 17.9. The van der Waals surface area contributed by atoms with Crippen LogP contribution < -0.4 is 10.1 Å². The molecule has 4 rings (SSSR count). The van der Waals surface area contributed by atoms with Crippen LogP contribution in [0.4, 0.5) is 10.1 Å². The molecule has 28 heavy (non-hydrogen) atoms. The van der Waals surface area contributed by atoms with Crippen LogP contribution in [0.3, 0.4) is 0 Å². The van der Waals surface area contributed by atoms with Gasteiger partial charge in [-0.3, -0.25) is 4.79 Å². The van der Waals surface area contributed by atoms with Crippen LogP contribution in [0.2, 0.25) is 0 Å². The lowest BCUT2D eigenvalue weighted by atomic mass is 10.2. The number of nitrogens with one attached hydrogen (secondary N) is 1. The third kappa shape index (κ3) is 3.49. The molecule has 1 N–H and O–H groups in total. The molecule has 0 fully saturated rings. The Morgan fingerprint density at radius 1 is 1.18 bits per heavy atom. The second kappa shape index (κ2) is 7.61. The van der Waals surface area contributed by atoms with Gasteiger partial charge < -0.3 is 14.6 Å². The van der Waals surface area contributed by atoms with E-state index in [0.29, 0.717) is 27.4 Å². The number of hydrogen-bond donors (Lipinski definition) is 1. The molecule has 0 radical (unpaired) electrons. The Morgan fingerprint density at radius 3 is 2.86 bits per heavy atom. The molecule has 0 aliphatic rings. The fourth-order valence-corrected chi connectivity index (χ4v) is 3.43. The van der Waals surface area contributed by atoms with Gasteiger partial charge >= 0.3 is 0 Å². The van der Waals surface area contributed by atoms with Gasteiger partial charge in [0.2, 0.25) is 5.82 Å². The topological polar surface area (TPSA) is 77.2 Å². The van der Waals surface area contributed by atoms with E-state index in [0.717, 1.165) is 0 Å². The molecule has 2 heterocycles. The molecule has 0 aliphatic carbocycles. The van der Waals surface area contributed by atoms with Crippen molar-refractivity contribution in [2.75, 3.05) is 12.4 Å². The van der Waals surface area contributed by atoms with Crippen LogP contribution in [0.1, 0.15) is 10.4 Å². The number of methoxy groups -OCH3 is 1. The molecule has 1 amide bonds. The lowest BCUT2D eigenvalue weighted by molar-refractivity contribution is 0.102. The summed E-state index contributed by atoms with van der Waals surface area (Å²) < 4.78 is 24.0. The van der Waals surface area contributed by atoms with Gasteiger partial charge in [0, 0.05) is 5.56 Å². The monoisotopic (exact) mass is 395 g/mol. The van der Waals surface area contributed by atoms with E-state index in [4.69, 9.17) is 9.26 Å². The summed E-state index contributed by atoms with van der Waals surface area (Å²) in [6.07, 6.45) is 0. The van der Waals surface area contributed by atoms with Gasteiger partial charge in [0.05, 0.1) is 18.4 Å². The summed E-state index contributed by atoms with van der Waals surface area (Å²) >= 11 is 1.35. The third-order valence-corrected chi connectivity index (χ3v) is 4.87. The zero-order valence-corrected chi connectivity index (χ0v) is 15.5. The molecule has 2 aromatic carbocycles. The molecular weight excluding hydrogens is 381 g/mol.